The van der Waals surface area contributed by atoms with Gasteiger partial charge in [-0.1, -0.05) is 39.3 Å². The van der Waals surface area contributed by atoms with Crippen LogP contribution in [0.3, 0.4) is 0 Å². The Bertz CT molecular complexity index is 1260. The maximum atomic E-state index is 13.7. The van der Waals surface area contributed by atoms with Gasteiger partial charge in [-0.05, 0) is 111 Å². The third-order valence-electron chi connectivity index (χ3n) is 11.9. The van der Waals surface area contributed by atoms with Crippen LogP contribution in [0.1, 0.15) is 99.8 Å². The zero-order valence-corrected chi connectivity index (χ0v) is 27.4. The molecule has 0 heterocycles. The first-order valence-electron chi connectivity index (χ1n) is 15.5. The minimum absolute atomic E-state index is 0.00729. The van der Waals surface area contributed by atoms with Crippen LogP contribution in [0.4, 0.5) is 0 Å². The molecule has 4 fully saturated rings. The zero-order valence-electron chi connectivity index (χ0n) is 26.6. The lowest BCUT2D eigenvalue weighted by atomic mass is 9.36. The van der Waals surface area contributed by atoms with Crippen LogP contribution in [0.25, 0.3) is 0 Å². The summed E-state index contributed by atoms with van der Waals surface area (Å²) in [4.78, 5) is 28.2. The van der Waals surface area contributed by atoms with Crippen molar-refractivity contribution in [3.63, 3.8) is 0 Å². The fourth-order valence-electron chi connectivity index (χ4n) is 10.0. The predicted molar refractivity (Wildman–Crippen MR) is 161 cm³/mol. The number of aliphatic hydroxyl groups is 2. The first-order chi connectivity index (χ1) is 19.4. The molecule has 1 unspecified atom stereocenters. The molecule has 4 N–H and O–H groups in total. The topological polar surface area (TPSA) is 142 Å². The van der Waals surface area contributed by atoms with Crippen LogP contribution in [0.2, 0.25) is 0 Å². The van der Waals surface area contributed by atoms with Gasteiger partial charge in [0.1, 0.15) is 6.10 Å². The van der Waals surface area contributed by atoms with E-state index in [2.05, 4.69) is 38.0 Å². The average Bonchev–Trinajstić information content (AvgIpc) is 3.13. The Hall–Kier alpha value is -1.75. The number of aliphatic hydroxyl groups excluding tert-OH is 2. The highest BCUT2D eigenvalue weighted by atomic mass is 32.2. The van der Waals surface area contributed by atoms with E-state index in [-0.39, 0.29) is 40.1 Å². The Kier molecular flexibility index (Phi) is 9.18. The lowest BCUT2D eigenvalue weighted by molar-refractivity contribution is -0.234. The van der Waals surface area contributed by atoms with Crippen LogP contribution < -0.4 is 10.3 Å². The smallest absolute Gasteiger partial charge is 0.303 e. The molecule has 10 heteroatoms. The Morgan fingerprint density at radius 1 is 1.05 bits per heavy atom. The zero-order chi connectivity index (χ0) is 31.4. The molecule has 0 aromatic heterocycles. The Labute approximate surface area is 252 Å². The summed E-state index contributed by atoms with van der Waals surface area (Å²) in [5.74, 6) is -0.769. The van der Waals surface area contributed by atoms with Gasteiger partial charge in [0, 0.05) is 12.5 Å². The third kappa shape index (κ3) is 5.73. The van der Waals surface area contributed by atoms with E-state index in [0.717, 1.165) is 37.5 Å². The molecular formula is C32H52N2O7S. The van der Waals surface area contributed by atoms with Crippen molar-refractivity contribution in [1.29, 1.82) is 0 Å². The van der Waals surface area contributed by atoms with Crippen molar-refractivity contribution in [2.45, 2.75) is 118 Å². The molecule has 0 bridgehead atoms. The molecule has 4 aliphatic carbocycles. The van der Waals surface area contributed by atoms with Gasteiger partial charge in [-0.15, -0.1) is 4.83 Å². The van der Waals surface area contributed by atoms with Gasteiger partial charge >= 0.3 is 5.97 Å². The van der Waals surface area contributed by atoms with E-state index in [9.17, 15) is 28.2 Å². The number of carbonyl (C=O) groups is 2. The van der Waals surface area contributed by atoms with Crippen LogP contribution >= 0.6 is 0 Å². The van der Waals surface area contributed by atoms with Gasteiger partial charge in [0.15, 0.2) is 0 Å². The van der Waals surface area contributed by atoms with Gasteiger partial charge in [0.05, 0.1) is 18.5 Å². The number of sulfonamides is 1. The summed E-state index contributed by atoms with van der Waals surface area (Å²) in [6.45, 7) is 14.3. The molecule has 238 valence electrons. The van der Waals surface area contributed by atoms with Crippen LogP contribution in [0, 0.1) is 39.9 Å². The molecule has 0 aromatic carbocycles. The number of nitrogens with one attached hydrogen (secondary N) is 2. The number of allylic oxidation sites excluding steroid dienone is 2. The van der Waals surface area contributed by atoms with Crippen molar-refractivity contribution in [2.24, 2.45) is 39.9 Å². The van der Waals surface area contributed by atoms with Gasteiger partial charge in [-0.3, -0.25) is 15.0 Å². The number of carbonyl (C=O) groups excluding carboxylic acids is 2. The summed E-state index contributed by atoms with van der Waals surface area (Å²) in [5, 5.41) is 22.8. The largest absolute Gasteiger partial charge is 0.458 e. The van der Waals surface area contributed by atoms with E-state index < -0.39 is 34.1 Å². The standard InChI is InChI=1S/C32H52N2O7S/c1-18(2)10-9-11-21(29(38)33-34-42(8,39)40)27-23-16-25(37)28-30(5)14-13-24(36)19(3)22(30)12-15-31(28,6)32(23,7)17-26(27)41-20(4)35/h10,19,22-26,28,34,36-37H,9,11-17H2,1-8H3,(H,33,38)/b27-21-/t19-,22-,23-,24+,25+,26-,28?,30-,31-,32-/m0/s1. The Balaban J connectivity index is 1.84. The van der Waals surface area contributed by atoms with Gasteiger partial charge < -0.3 is 14.9 Å². The molecule has 1 amide bonds. The molecule has 0 spiro atoms. The molecule has 0 aliphatic heterocycles. The van der Waals surface area contributed by atoms with Gasteiger partial charge in [0.2, 0.25) is 10.0 Å². The summed E-state index contributed by atoms with van der Waals surface area (Å²) in [6.07, 6.45) is 6.64. The molecule has 9 nitrogen and oxygen atoms in total. The lowest BCUT2D eigenvalue weighted by Crippen LogP contribution is -2.65. The second-order valence-electron chi connectivity index (χ2n) is 14.7. The van der Waals surface area contributed by atoms with E-state index in [1.165, 1.54) is 6.92 Å². The van der Waals surface area contributed by atoms with Crippen LogP contribution in [-0.2, 0) is 24.3 Å². The van der Waals surface area contributed by atoms with Crippen molar-refractivity contribution in [3.8, 4) is 0 Å². The van der Waals surface area contributed by atoms with E-state index >= 15 is 0 Å². The number of ether oxygens (including phenoxy) is 1. The fourth-order valence-corrected chi connectivity index (χ4v) is 10.3. The number of hydrogen-bond acceptors (Lipinski definition) is 7. The molecule has 42 heavy (non-hydrogen) atoms. The first kappa shape index (κ1) is 33.1. The summed E-state index contributed by atoms with van der Waals surface area (Å²) < 4.78 is 29.6. The quantitative estimate of drug-likeness (QED) is 0.147. The van der Waals surface area contributed by atoms with Crippen LogP contribution in [0.15, 0.2) is 22.8 Å². The molecule has 4 saturated carbocycles. The minimum atomic E-state index is -3.70. The number of amides is 1. The van der Waals surface area contributed by atoms with Crippen molar-refractivity contribution < 1.29 is 33.0 Å². The minimum Gasteiger partial charge on any atom is -0.458 e. The first-order valence-corrected chi connectivity index (χ1v) is 17.4. The normalized spacial score (nSPS) is 42.5. The van der Waals surface area contributed by atoms with Crippen LogP contribution in [0.5, 0.6) is 0 Å². The highest BCUT2D eigenvalue weighted by Gasteiger charge is 2.70. The molecule has 4 aliphatic rings. The third-order valence-corrected chi connectivity index (χ3v) is 12.4. The summed E-state index contributed by atoms with van der Waals surface area (Å²) in [7, 11) is -3.70. The average molecular weight is 609 g/mol. The van der Waals surface area contributed by atoms with Gasteiger partial charge in [0.25, 0.3) is 5.91 Å². The van der Waals surface area contributed by atoms with Gasteiger partial charge in [-0.25, -0.2) is 8.42 Å². The number of fused-ring (bicyclic) bond motifs is 5. The molecule has 4 rings (SSSR count). The fraction of sp³-hybridized carbons (Fsp3) is 0.812. The summed E-state index contributed by atoms with van der Waals surface area (Å²) in [5.41, 5.74) is 3.74. The second kappa shape index (κ2) is 11.6. The maximum Gasteiger partial charge on any atom is 0.303 e. The maximum absolute atomic E-state index is 13.7. The predicted octanol–water partition coefficient (Wildman–Crippen LogP) is 4.16. The Morgan fingerprint density at radius 3 is 2.31 bits per heavy atom. The van der Waals surface area contributed by atoms with Crippen molar-refractivity contribution >= 4 is 21.9 Å². The molecule has 0 saturated heterocycles. The molecular weight excluding hydrogens is 556 g/mol. The second-order valence-corrected chi connectivity index (χ2v) is 16.4. The lowest BCUT2D eigenvalue weighted by Gasteiger charge is -2.69. The van der Waals surface area contributed by atoms with Gasteiger partial charge in [-0.2, -0.15) is 0 Å². The molecule has 0 aromatic rings. The SMILES string of the molecule is CC(=O)O[C@H]1C[C@@]2(C)[C@@H](C[C@@H](O)C3[C@]2(C)CC[C@H]2[C@H](C)[C@H](O)CC[C@]32C)/C1=C(\CCC=C(C)C)C(=O)NNS(C)(=O)=O. The van der Waals surface area contributed by atoms with Crippen molar-refractivity contribution in [3.05, 3.63) is 22.8 Å². The summed E-state index contributed by atoms with van der Waals surface area (Å²) >= 11 is 0. The van der Waals surface area contributed by atoms with Crippen LogP contribution in [-0.4, -0.2) is 55.1 Å². The number of esters is 1. The van der Waals surface area contributed by atoms with Crippen molar-refractivity contribution in [2.75, 3.05) is 6.26 Å². The molecule has 0 radical (unpaired) electrons. The van der Waals surface area contributed by atoms with E-state index in [4.69, 9.17) is 4.74 Å². The number of hydrazine groups is 1. The Morgan fingerprint density at radius 2 is 1.71 bits per heavy atom. The highest BCUT2D eigenvalue weighted by Crippen LogP contribution is 2.74. The van der Waals surface area contributed by atoms with E-state index in [1.54, 1.807) is 0 Å². The van der Waals surface area contributed by atoms with E-state index in [0.29, 0.717) is 42.7 Å². The monoisotopic (exact) mass is 608 g/mol. The number of hydrogen-bond donors (Lipinski definition) is 4. The highest BCUT2D eigenvalue weighted by molar-refractivity contribution is 7.88. The molecule has 10 atom stereocenters. The van der Waals surface area contributed by atoms with E-state index in [1.807, 2.05) is 19.9 Å². The number of rotatable bonds is 7. The van der Waals surface area contributed by atoms with Crippen molar-refractivity contribution in [1.82, 2.24) is 10.3 Å². The summed E-state index contributed by atoms with van der Waals surface area (Å²) in [6, 6.07) is 0.